The van der Waals surface area contributed by atoms with Crippen molar-refractivity contribution in [3.05, 3.63) is 0 Å². The molecule has 0 unspecified atom stereocenters. The lowest BCUT2D eigenvalue weighted by atomic mass is 9.96. The van der Waals surface area contributed by atoms with E-state index in [1.165, 1.54) is 0 Å². The van der Waals surface area contributed by atoms with Crippen LogP contribution < -0.4 is 16.4 Å². The first-order chi connectivity index (χ1) is 20.9. The van der Waals surface area contributed by atoms with Crippen LogP contribution in [-0.2, 0) is 28.8 Å². The second kappa shape index (κ2) is 19.8. The summed E-state index contributed by atoms with van der Waals surface area (Å²) in [5.41, 5.74) is 5.02. The molecular weight excluding hydrogens is 576 g/mol. The summed E-state index contributed by atoms with van der Waals surface area (Å²) >= 11 is 0. The van der Waals surface area contributed by atoms with Crippen LogP contribution in [-0.4, -0.2) is 175 Å². The monoisotopic (exact) mass is 626 g/mol. The van der Waals surface area contributed by atoms with Crippen LogP contribution in [0.25, 0.3) is 0 Å². The molecule has 44 heavy (non-hydrogen) atoms. The van der Waals surface area contributed by atoms with Gasteiger partial charge in [-0.2, -0.15) is 0 Å². The molecule has 0 aromatic rings. The van der Waals surface area contributed by atoms with Crippen molar-refractivity contribution in [1.82, 2.24) is 35.1 Å². The maximum atomic E-state index is 13.0. The van der Waals surface area contributed by atoms with E-state index in [2.05, 4.69) is 27.4 Å². The van der Waals surface area contributed by atoms with Crippen molar-refractivity contribution in [2.75, 3.05) is 105 Å². The van der Waals surface area contributed by atoms with Gasteiger partial charge in [0.25, 0.3) is 0 Å². The molecule has 16 heteroatoms. The van der Waals surface area contributed by atoms with E-state index in [1.807, 2.05) is 9.80 Å². The predicted molar refractivity (Wildman–Crippen MR) is 160 cm³/mol. The van der Waals surface area contributed by atoms with Crippen LogP contribution in [0.1, 0.15) is 32.6 Å². The van der Waals surface area contributed by atoms with Crippen molar-refractivity contribution < 1.29 is 39.0 Å². The number of nitrogens with zero attached hydrogens (tertiary/aromatic N) is 5. The molecule has 6 N–H and O–H groups in total. The Balaban J connectivity index is 1.79. The van der Waals surface area contributed by atoms with Gasteiger partial charge >= 0.3 is 11.9 Å². The van der Waals surface area contributed by atoms with Crippen molar-refractivity contribution in [2.24, 2.45) is 11.7 Å². The van der Waals surface area contributed by atoms with E-state index in [4.69, 9.17) is 5.73 Å². The van der Waals surface area contributed by atoms with Gasteiger partial charge in [0.15, 0.2) is 0 Å². The summed E-state index contributed by atoms with van der Waals surface area (Å²) in [5, 5.41) is 23.6. The number of carbonyl (C=O) groups excluding carboxylic acids is 4. The quantitative estimate of drug-likeness (QED) is 0.110. The zero-order valence-electron chi connectivity index (χ0n) is 25.9. The van der Waals surface area contributed by atoms with Crippen LogP contribution >= 0.6 is 0 Å². The van der Waals surface area contributed by atoms with Gasteiger partial charge in [-0.25, -0.2) is 0 Å². The average molecular weight is 627 g/mol. The lowest BCUT2D eigenvalue weighted by Crippen LogP contribution is -2.49. The number of rotatable bonds is 17. The molecule has 2 fully saturated rings. The smallest absolute Gasteiger partial charge is 0.323 e. The van der Waals surface area contributed by atoms with Crippen molar-refractivity contribution in [1.29, 1.82) is 0 Å². The number of nitrogens with one attached hydrogen (secondary N) is 2. The molecule has 0 aromatic heterocycles. The predicted octanol–water partition coefficient (Wildman–Crippen LogP) is -2.87. The number of carboxylic acid groups (broad SMARTS) is 2. The molecule has 250 valence electrons. The Morgan fingerprint density at radius 1 is 0.705 bits per heavy atom. The third-order valence-corrected chi connectivity index (χ3v) is 7.97. The molecule has 0 radical (unpaired) electrons. The summed E-state index contributed by atoms with van der Waals surface area (Å²) in [4.78, 5) is 80.3. The minimum atomic E-state index is -1.23. The molecular formula is C28H50N8O8. The summed E-state index contributed by atoms with van der Waals surface area (Å²) in [6.45, 7) is 9.31. The second-order valence-corrected chi connectivity index (χ2v) is 11.4. The maximum Gasteiger partial charge on any atom is 0.323 e. The Hall–Kier alpha value is -3.34. The van der Waals surface area contributed by atoms with Gasteiger partial charge in [0.2, 0.25) is 23.6 Å². The summed E-state index contributed by atoms with van der Waals surface area (Å²) in [7, 11) is 0. The molecule has 0 spiro atoms. The minimum absolute atomic E-state index is 0.00502. The first-order valence-corrected chi connectivity index (χ1v) is 15.4. The molecule has 4 amide bonds. The molecule has 0 saturated carbocycles. The first kappa shape index (κ1) is 36.8. The molecule has 2 aliphatic rings. The summed E-state index contributed by atoms with van der Waals surface area (Å²) in [5.74, 6) is -3.56. The molecule has 0 aliphatic carbocycles. The van der Waals surface area contributed by atoms with E-state index >= 15 is 0 Å². The van der Waals surface area contributed by atoms with Crippen LogP contribution in [0.4, 0.5) is 0 Å². The van der Waals surface area contributed by atoms with Gasteiger partial charge < -0.3 is 41.3 Å². The SMILES string of the molecule is CCN1CCN(CC(=O)O)CCN(CC2CCN(CC(=O)N(CC(=O)O)CC(=O)NCCC(=O)NCCC(N)=O)CC2)CC1. The number of nitrogens with two attached hydrogens (primary N) is 1. The number of hydrogen-bond acceptors (Lipinski definition) is 10. The van der Waals surface area contributed by atoms with Crippen molar-refractivity contribution in [2.45, 2.75) is 32.6 Å². The van der Waals surface area contributed by atoms with E-state index in [-0.39, 0.29) is 44.9 Å². The normalized spacial score (nSPS) is 18.0. The number of likely N-dealkylation sites (tertiary alicyclic amines) is 1. The molecule has 0 bridgehead atoms. The van der Waals surface area contributed by atoms with Gasteiger partial charge in [0.1, 0.15) is 13.1 Å². The zero-order chi connectivity index (χ0) is 32.5. The molecule has 0 aromatic carbocycles. The summed E-state index contributed by atoms with van der Waals surface area (Å²) in [6, 6.07) is 0. The minimum Gasteiger partial charge on any atom is -0.480 e. The highest BCUT2D eigenvalue weighted by Crippen LogP contribution is 2.19. The number of hydrogen-bond donors (Lipinski definition) is 5. The topological polar surface area (TPSA) is 209 Å². The van der Waals surface area contributed by atoms with E-state index in [9.17, 15) is 39.0 Å². The fourth-order valence-corrected chi connectivity index (χ4v) is 5.37. The highest BCUT2D eigenvalue weighted by atomic mass is 16.4. The number of aliphatic carboxylic acids is 2. The largest absolute Gasteiger partial charge is 0.480 e. The van der Waals surface area contributed by atoms with E-state index in [0.717, 1.165) is 63.6 Å². The Labute approximate surface area is 258 Å². The van der Waals surface area contributed by atoms with Gasteiger partial charge in [-0.1, -0.05) is 6.92 Å². The van der Waals surface area contributed by atoms with Crippen molar-refractivity contribution in [3.8, 4) is 0 Å². The first-order valence-electron chi connectivity index (χ1n) is 15.4. The standard InChI is InChI=1S/C28H50N8O8/c1-2-32-11-13-34(15-16-35(14-12-32)20-27(41)42)17-22-5-9-33(10-6-22)19-26(40)36(21-28(43)44)18-25(39)31-8-4-24(38)30-7-3-23(29)37/h22H,2-21H2,1H3,(H2,29,37)(H,30,38)(H,31,39)(H,41,42)(H,43,44). The fourth-order valence-electron chi connectivity index (χ4n) is 5.37. The fraction of sp³-hybridized carbons (Fsp3) is 0.786. The highest BCUT2D eigenvalue weighted by molar-refractivity contribution is 5.88. The lowest BCUT2D eigenvalue weighted by Gasteiger charge is -2.35. The van der Waals surface area contributed by atoms with E-state index < -0.39 is 42.7 Å². The summed E-state index contributed by atoms with van der Waals surface area (Å²) in [6.07, 6.45) is 1.72. The van der Waals surface area contributed by atoms with Gasteiger partial charge in [-0.3, -0.25) is 38.6 Å². The Morgan fingerprint density at radius 2 is 1.25 bits per heavy atom. The van der Waals surface area contributed by atoms with Gasteiger partial charge in [-0.15, -0.1) is 0 Å². The van der Waals surface area contributed by atoms with Crippen molar-refractivity contribution in [3.63, 3.8) is 0 Å². The van der Waals surface area contributed by atoms with Crippen LogP contribution in [0.5, 0.6) is 0 Å². The molecule has 2 saturated heterocycles. The Kier molecular flexibility index (Phi) is 16.6. The van der Waals surface area contributed by atoms with E-state index in [0.29, 0.717) is 25.6 Å². The number of carboxylic acids is 2. The zero-order valence-corrected chi connectivity index (χ0v) is 25.9. The molecule has 2 heterocycles. The highest BCUT2D eigenvalue weighted by Gasteiger charge is 2.27. The van der Waals surface area contributed by atoms with Gasteiger partial charge in [0, 0.05) is 71.7 Å². The van der Waals surface area contributed by atoms with Crippen LogP contribution in [0.2, 0.25) is 0 Å². The number of likely N-dealkylation sites (N-methyl/N-ethyl adjacent to an activating group) is 1. The van der Waals surface area contributed by atoms with E-state index in [1.54, 1.807) is 0 Å². The Morgan fingerprint density at radius 3 is 1.82 bits per heavy atom. The molecule has 16 nitrogen and oxygen atoms in total. The second-order valence-electron chi connectivity index (χ2n) is 11.4. The number of carbonyl (C=O) groups is 6. The maximum absolute atomic E-state index is 13.0. The average Bonchev–Trinajstić information content (AvgIpc) is 3.04. The number of piperidine rings is 1. The number of amides is 4. The van der Waals surface area contributed by atoms with Gasteiger partial charge in [-0.05, 0) is 38.4 Å². The van der Waals surface area contributed by atoms with Crippen molar-refractivity contribution >= 4 is 35.6 Å². The Bertz CT molecular complexity index is 975. The van der Waals surface area contributed by atoms with Crippen LogP contribution in [0, 0.1) is 5.92 Å². The molecule has 2 aliphatic heterocycles. The lowest BCUT2D eigenvalue weighted by molar-refractivity contribution is -0.146. The van der Waals surface area contributed by atoms with Gasteiger partial charge in [0.05, 0.1) is 13.1 Å². The third-order valence-electron chi connectivity index (χ3n) is 7.97. The van der Waals surface area contributed by atoms with Crippen LogP contribution in [0.15, 0.2) is 0 Å². The third kappa shape index (κ3) is 15.4. The molecule has 2 rings (SSSR count). The summed E-state index contributed by atoms with van der Waals surface area (Å²) < 4.78 is 0. The molecule has 0 atom stereocenters. The van der Waals surface area contributed by atoms with Crippen LogP contribution in [0.3, 0.4) is 0 Å². The number of primary amides is 1.